The van der Waals surface area contributed by atoms with Gasteiger partial charge in [-0.05, 0) is 24.3 Å². The number of ether oxygens (including phenoxy) is 1. The van der Waals surface area contributed by atoms with Crippen molar-refractivity contribution in [2.24, 2.45) is 0 Å². The van der Waals surface area contributed by atoms with Gasteiger partial charge in [-0.15, -0.1) is 0 Å². The molecule has 0 unspecified atom stereocenters. The van der Waals surface area contributed by atoms with Crippen molar-refractivity contribution in [3.05, 3.63) is 51.9 Å². The molecule has 2 rings (SSSR count). The van der Waals surface area contributed by atoms with Crippen LogP contribution in [0.25, 0.3) is 0 Å². The molecule has 19 heavy (non-hydrogen) atoms. The van der Waals surface area contributed by atoms with Crippen LogP contribution in [0.2, 0.25) is 10.0 Å². The average molecular weight is 302 g/mol. The number of carboxylic acid groups (broad SMARTS) is 1. The Kier molecular flexibility index (Phi) is 3.87. The highest BCUT2D eigenvalue weighted by molar-refractivity contribution is 6.32. The van der Waals surface area contributed by atoms with E-state index in [1.165, 1.54) is 18.2 Å². The van der Waals surface area contributed by atoms with E-state index in [0.29, 0.717) is 0 Å². The fourth-order valence-electron chi connectivity index (χ4n) is 1.28. The molecule has 0 saturated heterocycles. The summed E-state index contributed by atoms with van der Waals surface area (Å²) < 4.78 is 18.2. The second kappa shape index (κ2) is 5.42. The number of nitrogens with zero attached hydrogens (tertiary/aromatic N) is 1. The van der Waals surface area contributed by atoms with Crippen molar-refractivity contribution in [1.82, 2.24) is 4.98 Å². The first-order valence-corrected chi connectivity index (χ1v) is 5.74. The third-order valence-electron chi connectivity index (χ3n) is 2.15. The Labute approximate surface area is 117 Å². The predicted octanol–water partition coefficient (Wildman–Crippen LogP) is 4.02. The van der Waals surface area contributed by atoms with Gasteiger partial charge in [-0.1, -0.05) is 23.2 Å². The molecule has 0 fully saturated rings. The summed E-state index contributed by atoms with van der Waals surface area (Å²) in [6, 6.07) is 4.77. The number of halogens is 3. The third kappa shape index (κ3) is 3.13. The van der Waals surface area contributed by atoms with E-state index in [-0.39, 0.29) is 27.2 Å². The largest absolute Gasteiger partial charge is 0.478 e. The molecule has 98 valence electrons. The zero-order valence-electron chi connectivity index (χ0n) is 9.23. The smallest absolute Gasteiger partial charge is 0.337 e. The van der Waals surface area contributed by atoms with Crippen LogP contribution in [0.1, 0.15) is 10.4 Å². The van der Waals surface area contributed by atoms with E-state index in [1.807, 2.05) is 0 Å². The van der Waals surface area contributed by atoms with E-state index in [0.717, 1.165) is 12.3 Å². The van der Waals surface area contributed by atoms with Crippen LogP contribution < -0.4 is 4.74 Å². The highest BCUT2D eigenvalue weighted by Gasteiger charge is 2.12. The van der Waals surface area contributed by atoms with Crippen LogP contribution in [0.15, 0.2) is 30.5 Å². The molecule has 0 saturated carbocycles. The van der Waals surface area contributed by atoms with Crippen molar-refractivity contribution < 1.29 is 19.0 Å². The average Bonchev–Trinajstić information content (AvgIpc) is 2.34. The van der Waals surface area contributed by atoms with Crippen molar-refractivity contribution in [2.45, 2.75) is 0 Å². The Morgan fingerprint density at radius 2 is 2.00 bits per heavy atom. The molecule has 0 aliphatic carbocycles. The summed E-state index contributed by atoms with van der Waals surface area (Å²) in [7, 11) is 0. The molecule has 7 heteroatoms. The van der Waals surface area contributed by atoms with Crippen LogP contribution >= 0.6 is 23.2 Å². The normalized spacial score (nSPS) is 10.3. The van der Waals surface area contributed by atoms with Crippen LogP contribution in [0.4, 0.5) is 4.39 Å². The lowest BCUT2D eigenvalue weighted by Gasteiger charge is -2.08. The number of aromatic nitrogens is 1. The molecule has 1 N–H and O–H groups in total. The number of aromatic carboxylic acids is 1. The number of pyridine rings is 1. The van der Waals surface area contributed by atoms with Gasteiger partial charge in [0.05, 0.1) is 10.6 Å². The molecule has 1 aromatic carbocycles. The number of rotatable bonds is 3. The highest BCUT2D eigenvalue weighted by Crippen LogP contribution is 2.32. The first-order valence-electron chi connectivity index (χ1n) is 4.99. The monoisotopic (exact) mass is 301 g/mol. The maximum Gasteiger partial charge on any atom is 0.337 e. The number of carboxylic acids is 1. The van der Waals surface area contributed by atoms with Crippen molar-refractivity contribution in [1.29, 1.82) is 0 Å². The molecule has 0 radical (unpaired) electrons. The molecular formula is C12H6Cl2FNO3. The molecule has 0 spiro atoms. The summed E-state index contributed by atoms with van der Waals surface area (Å²) in [6.07, 6.45) is 1.10. The number of benzene rings is 1. The van der Waals surface area contributed by atoms with E-state index < -0.39 is 11.8 Å². The Balaban J connectivity index is 2.31. The fourth-order valence-corrected chi connectivity index (χ4v) is 1.69. The Morgan fingerprint density at radius 3 is 2.58 bits per heavy atom. The molecule has 0 amide bonds. The second-order valence-corrected chi connectivity index (χ2v) is 4.31. The van der Waals surface area contributed by atoms with Gasteiger partial charge in [0.15, 0.2) is 0 Å². The van der Waals surface area contributed by atoms with Gasteiger partial charge in [0.2, 0.25) is 5.88 Å². The number of carbonyl (C=O) groups is 1. The summed E-state index contributed by atoms with van der Waals surface area (Å²) in [5.41, 5.74) is -0.0671. The minimum atomic E-state index is -1.15. The summed E-state index contributed by atoms with van der Waals surface area (Å²) in [5.74, 6) is -1.50. The van der Waals surface area contributed by atoms with E-state index in [4.69, 9.17) is 33.0 Å². The lowest BCUT2D eigenvalue weighted by Crippen LogP contribution is -1.98. The van der Waals surface area contributed by atoms with Crippen molar-refractivity contribution >= 4 is 29.2 Å². The van der Waals surface area contributed by atoms with E-state index in [9.17, 15) is 9.18 Å². The Hall–Kier alpha value is -1.85. The maximum atomic E-state index is 12.9. The minimum Gasteiger partial charge on any atom is -0.478 e. The van der Waals surface area contributed by atoms with Gasteiger partial charge in [-0.3, -0.25) is 0 Å². The van der Waals surface area contributed by atoms with Gasteiger partial charge in [0, 0.05) is 6.20 Å². The zero-order chi connectivity index (χ0) is 14.0. The van der Waals surface area contributed by atoms with Crippen LogP contribution in [0.5, 0.6) is 11.6 Å². The first-order chi connectivity index (χ1) is 8.97. The predicted molar refractivity (Wildman–Crippen MR) is 67.7 cm³/mol. The fraction of sp³-hybridized carbons (Fsp3) is 0. The molecule has 0 aliphatic rings. The minimum absolute atomic E-state index is 0.0137. The maximum absolute atomic E-state index is 12.9. The lowest BCUT2D eigenvalue weighted by atomic mass is 10.3. The van der Waals surface area contributed by atoms with Crippen molar-refractivity contribution in [3.63, 3.8) is 0 Å². The topological polar surface area (TPSA) is 59.4 Å². The van der Waals surface area contributed by atoms with E-state index >= 15 is 0 Å². The van der Waals surface area contributed by atoms with Gasteiger partial charge in [-0.25, -0.2) is 14.2 Å². The molecule has 0 aliphatic heterocycles. The van der Waals surface area contributed by atoms with Gasteiger partial charge in [0.1, 0.15) is 16.6 Å². The Bertz CT molecular complexity index is 649. The summed E-state index contributed by atoms with van der Waals surface area (Å²) >= 11 is 11.6. The van der Waals surface area contributed by atoms with Crippen LogP contribution in [-0.4, -0.2) is 16.1 Å². The molecular weight excluding hydrogens is 296 g/mol. The van der Waals surface area contributed by atoms with E-state index in [1.54, 1.807) is 0 Å². The van der Waals surface area contributed by atoms with E-state index in [2.05, 4.69) is 4.98 Å². The number of hydrogen-bond donors (Lipinski definition) is 1. The SMILES string of the molecule is O=C(O)c1cnc(Oc2ccc(F)cc2Cl)c(Cl)c1. The molecule has 2 aromatic rings. The van der Waals surface area contributed by atoms with Gasteiger partial charge in [-0.2, -0.15) is 0 Å². The summed E-state index contributed by atoms with van der Waals surface area (Å²) in [6.45, 7) is 0. The third-order valence-corrected chi connectivity index (χ3v) is 2.72. The van der Waals surface area contributed by atoms with Crippen molar-refractivity contribution in [2.75, 3.05) is 0 Å². The first kappa shape index (κ1) is 13.6. The van der Waals surface area contributed by atoms with Crippen LogP contribution in [-0.2, 0) is 0 Å². The summed E-state index contributed by atoms with van der Waals surface area (Å²) in [4.78, 5) is 14.5. The summed E-state index contributed by atoms with van der Waals surface area (Å²) in [5, 5.41) is 8.83. The lowest BCUT2D eigenvalue weighted by molar-refractivity contribution is 0.0696. The second-order valence-electron chi connectivity index (χ2n) is 3.49. The van der Waals surface area contributed by atoms with Gasteiger partial charge < -0.3 is 9.84 Å². The highest BCUT2D eigenvalue weighted by atomic mass is 35.5. The van der Waals surface area contributed by atoms with Crippen LogP contribution in [0.3, 0.4) is 0 Å². The standard InChI is InChI=1S/C12H6Cl2FNO3/c13-8-4-7(15)1-2-10(8)19-11-9(14)3-6(5-16-11)12(17)18/h1-5H,(H,17,18). The zero-order valence-corrected chi connectivity index (χ0v) is 10.7. The molecule has 1 heterocycles. The molecule has 1 aromatic heterocycles. The van der Waals surface area contributed by atoms with Gasteiger partial charge >= 0.3 is 5.97 Å². The quantitative estimate of drug-likeness (QED) is 0.930. The number of hydrogen-bond acceptors (Lipinski definition) is 3. The molecule has 4 nitrogen and oxygen atoms in total. The van der Waals surface area contributed by atoms with Crippen LogP contribution in [0, 0.1) is 5.82 Å². The van der Waals surface area contributed by atoms with Gasteiger partial charge in [0.25, 0.3) is 0 Å². The van der Waals surface area contributed by atoms with Crippen molar-refractivity contribution in [3.8, 4) is 11.6 Å². The molecule has 0 atom stereocenters. The Morgan fingerprint density at radius 1 is 1.26 bits per heavy atom. The molecule has 0 bridgehead atoms.